The number of primary amides is 1. The molecule has 0 bridgehead atoms. The van der Waals surface area contributed by atoms with Crippen LogP contribution in [0.3, 0.4) is 0 Å². The van der Waals surface area contributed by atoms with Gasteiger partial charge in [0.25, 0.3) is 5.91 Å². The number of piperidine rings is 1. The number of para-hydroxylation sites is 1. The minimum atomic E-state index is -0.329. The van der Waals surface area contributed by atoms with Gasteiger partial charge in [-0.25, -0.2) is 4.68 Å². The second-order valence-electron chi connectivity index (χ2n) is 6.61. The smallest absolute Gasteiger partial charge is 0.254 e. The molecular formula is C19H25N5O2. The highest BCUT2D eigenvalue weighted by atomic mass is 16.2. The lowest BCUT2D eigenvalue weighted by Gasteiger charge is -2.31. The van der Waals surface area contributed by atoms with Crippen molar-refractivity contribution in [2.45, 2.75) is 25.7 Å². The lowest BCUT2D eigenvalue weighted by atomic mass is 9.92. The maximum absolute atomic E-state index is 12.6. The molecule has 26 heavy (non-hydrogen) atoms. The summed E-state index contributed by atoms with van der Waals surface area (Å²) in [5.74, 6) is -0.341. The molecule has 1 aliphatic heterocycles. The van der Waals surface area contributed by atoms with E-state index in [2.05, 4.69) is 5.32 Å². The molecule has 2 heterocycles. The van der Waals surface area contributed by atoms with E-state index in [0.29, 0.717) is 18.7 Å². The lowest BCUT2D eigenvalue weighted by molar-refractivity contribution is -0.119. The maximum Gasteiger partial charge on any atom is 0.254 e. The summed E-state index contributed by atoms with van der Waals surface area (Å²) >= 11 is 0. The Morgan fingerprint density at radius 1 is 1.31 bits per heavy atom. The second kappa shape index (κ2) is 8.14. The molecule has 1 atom stereocenters. The molecule has 2 aromatic rings. The zero-order valence-corrected chi connectivity index (χ0v) is 15.0. The Labute approximate surface area is 153 Å². The SMILES string of the molecule is CCNC(=O)c1cn(-c2ccccc2)nc1[C@H]1CCCN(CC(N)=O)C1. The number of amides is 2. The van der Waals surface area contributed by atoms with Crippen LogP contribution in [-0.4, -0.2) is 52.7 Å². The van der Waals surface area contributed by atoms with Crippen LogP contribution < -0.4 is 11.1 Å². The van der Waals surface area contributed by atoms with Crippen molar-refractivity contribution >= 4 is 11.8 Å². The number of hydrogen-bond donors (Lipinski definition) is 2. The molecule has 3 N–H and O–H groups in total. The van der Waals surface area contributed by atoms with E-state index in [4.69, 9.17) is 10.8 Å². The van der Waals surface area contributed by atoms with Gasteiger partial charge in [0.05, 0.1) is 23.5 Å². The first-order valence-corrected chi connectivity index (χ1v) is 9.02. The maximum atomic E-state index is 12.6. The van der Waals surface area contributed by atoms with E-state index in [9.17, 15) is 9.59 Å². The van der Waals surface area contributed by atoms with Gasteiger partial charge in [-0.1, -0.05) is 18.2 Å². The van der Waals surface area contributed by atoms with Gasteiger partial charge in [0.1, 0.15) is 0 Å². The first-order chi connectivity index (χ1) is 12.6. The quantitative estimate of drug-likeness (QED) is 0.816. The third kappa shape index (κ3) is 4.11. The van der Waals surface area contributed by atoms with E-state index >= 15 is 0 Å². The van der Waals surface area contributed by atoms with E-state index in [1.54, 1.807) is 10.9 Å². The van der Waals surface area contributed by atoms with Gasteiger partial charge in [-0.15, -0.1) is 0 Å². The van der Waals surface area contributed by atoms with Gasteiger partial charge in [0, 0.05) is 25.2 Å². The lowest BCUT2D eigenvalue weighted by Crippen LogP contribution is -2.40. The highest BCUT2D eigenvalue weighted by Gasteiger charge is 2.28. The minimum Gasteiger partial charge on any atom is -0.369 e. The zero-order chi connectivity index (χ0) is 18.5. The van der Waals surface area contributed by atoms with E-state index in [1.165, 1.54) is 0 Å². The van der Waals surface area contributed by atoms with E-state index < -0.39 is 0 Å². The van der Waals surface area contributed by atoms with Gasteiger partial charge in [0.2, 0.25) is 5.91 Å². The number of carbonyl (C=O) groups is 2. The minimum absolute atomic E-state index is 0.102. The normalized spacial score (nSPS) is 17.8. The first-order valence-electron chi connectivity index (χ1n) is 9.02. The van der Waals surface area contributed by atoms with Gasteiger partial charge in [-0.2, -0.15) is 5.10 Å². The molecule has 1 aromatic carbocycles. The fraction of sp³-hybridized carbons (Fsp3) is 0.421. The van der Waals surface area contributed by atoms with Gasteiger partial charge in [0.15, 0.2) is 0 Å². The average Bonchev–Trinajstić information content (AvgIpc) is 3.08. The largest absolute Gasteiger partial charge is 0.369 e. The summed E-state index contributed by atoms with van der Waals surface area (Å²) in [6.07, 6.45) is 3.68. The van der Waals surface area contributed by atoms with Crippen LogP contribution in [0, 0.1) is 0 Å². The Morgan fingerprint density at radius 3 is 2.77 bits per heavy atom. The third-order valence-corrected chi connectivity index (χ3v) is 4.62. The molecule has 0 saturated carbocycles. The Hall–Kier alpha value is -2.67. The number of nitrogens with zero attached hydrogens (tertiary/aromatic N) is 3. The summed E-state index contributed by atoms with van der Waals surface area (Å²) in [7, 11) is 0. The van der Waals surface area contributed by atoms with Crippen LogP contribution in [0.1, 0.15) is 41.7 Å². The number of nitrogens with one attached hydrogen (secondary N) is 1. The Bertz CT molecular complexity index is 771. The van der Waals surface area contributed by atoms with Crippen LogP contribution in [0.2, 0.25) is 0 Å². The first kappa shape index (κ1) is 18.1. The van der Waals surface area contributed by atoms with E-state index in [0.717, 1.165) is 30.8 Å². The summed E-state index contributed by atoms with van der Waals surface area (Å²) in [5, 5.41) is 7.60. The predicted molar refractivity (Wildman–Crippen MR) is 99.2 cm³/mol. The van der Waals surface area contributed by atoms with Gasteiger partial charge < -0.3 is 11.1 Å². The molecule has 3 rings (SSSR count). The molecule has 1 aliphatic rings. The van der Waals surface area contributed by atoms with Crippen molar-refractivity contribution in [1.29, 1.82) is 0 Å². The molecule has 7 heteroatoms. The van der Waals surface area contributed by atoms with E-state index in [1.807, 2.05) is 42.2 Å². The highest BCUT2D eigenvalue weighted by molar-refractivity contribution is 5.95. The van der Waals surface area contributed by atoms with Crippen molar-refractivity contribution in [3.05, 3.63) is 47.8 Å². The third-order valence-electron chi connectivity index (χ3n) is 4.62. The molecule has 2 amide bonds. The number of benzene rings is 1. The summed E-state index contributed by atoms with van der Waals surface area (Å²) in [6.45, 7) is 4.23. The van der Waals surface area contributed by atoms with Crippen molar-refractivity contribution in [3.63, 3.8) is 0 Å². The molecule has 0 spiro atoms. The summed E-state index contributed by atoms with van der Waals surface area (Å²) < 4.78 is 1.76. The van der Waals surface area contributed by atoms with Gasteiger partial charge in [-0.05, 0) is 38.4 Å². The molecule has 0 aliphatic carbocycles. The molecular weight excluding hydrogens is 330 g/mol. The van der Waals surface area contributed by atoms with Crippen LogP contribution in [-0.2, 0) is 4.79 Å². The standard InChI is InChI=1S/C19H25N5O2/c1-2-21-19(26)16-12-24(15-8-4-3-5-9-15)22-18(16)14-7-6-10-23(11-14)13-17(20)25/h3-5,8-9,12,14H,2,6-7,10-11,13H2,1H3,(H2,20,25)(H,21,26)/t14-/m0/s1. The monoisotopic (exact) mass is 355 g/mol. The Balaban J connectivity index is 1.92. The average molecular weight is 355 g/mol. The van der Waals surface area contributed by atoms with Crippen molar-refractivity contribution < 1.29 is 9.59 Å². The molecule has 138 valence electrons. The number of carbonyl (C=O) groups excluding carboxylic acids is 2. The number of aromatic nitrogens is 2. The van der Waals surface area contributed by atoms with Gasteiger partial charge >= 0.3 is 0 Å². The van der Waals surface area contributed by atoms with Crippen molar-refractivity contribution in [2.75, 3.05) is 26.2 Å². The van der Waals surface area contributed by atoms with Crippen molar-refractivity contribution in [2.24, 2.45) is 5.73 Å². The van der Waals surface area contributed by atoms with Crippen LogP contribution in [0.25, 0.3) is 5.69 Å². The molecule has 1 saturated heterocycles. The van der Waals surface area contributed by atoms with E-state index in [-0.39, 0.29) is 24.3 Å². The van der Waals surface area contributed by atoms with Gasteiger partial charge in [-0.3, -0.25) is 14.5 Å². The predicted octanol–water partition coefficient (Wildman–Crippen LogP) is 1.29. The van der Waals surface area contributed by atoms with Crippen molar-refractivity contribution in [1.82, 2.24) is 20.0 Å². The number of nitrogens with two attached hydrogens (primary N) is 1. The number of likely N-dealkylation sites (tertiary alicyclic amines) is 1. The Kier molecular flexibility index (Phi) is 5.68. The fourth-order valence-electron chi connectivity index (χ4n) is 3.48. The Morgan fingerprint density at radius 2 is 2.08 bits per heavy atom. The van der Waals surface area contributed by atoms with Crippen LogP contribution >= 0.6 is 0 Å². The number of rotatable bonds is 6. The molecule has 0 unspecified atom stereocenters. The highest BCUT2D eigenvalue weighted by Crippen LogP contribution is 2.29. The van der Waals surface area contributed by atoms with Crippen LogP contribution in [0.15, 0.2) is 36.5 Å². The number of hydrogen-bond acceptors (Lipinski definition) is 4. The molecule has 7 nitrogen and oxygen atoms in total. The van der Waals surface area contributed by atoms with Crippen LogP contribution in [0.5, 0.6) is 0 Å². The topological polar surface area (TPSA) is 93.2 Å². The fourth-order valence-corrected chi connectivity index (χ4v) is 3.48. The van der Waals surface area contributed by atoms with Crippen LogP contribution in [0.4, 0.5) is 0 Å². The zero-order valence-electron chi connectivity index (χ0n) is 15.0. The molecule has 1 fully saturated rings. The summed E-state index contributed by atoms with van der Waals surface area (Å²) in [6, 6.07) is 9.74. The molecule has 0 radical (unpaired) electrons. The second-order valence-corrected chi connectivity index (χ2v) is 6.61. The van der Waals surface area contributed by atoms with Crippen molar-refractivity contribution in [3.8, 4) is 5.69 Å². The summed E-state index contributed by atoms with van der Waals surface area (Å²) in [5.41, 5.74) is 7.64. The molecule has 1 aromatic heterocycles. The summed E-state index contributed by atoms with van der Waals surface area (Å²) in [4.78, 5) is 25.9.